The first-order valence-corrected chi connectivity index (χ1v) is 7.95. The third-order valence-electron chi connectivity index (χ3n) is 4.31. The summed E-state index contributed by atoms with van der Waals surface area (Å²) in [4.78, 5) is 5.50. The van der Waals surface area contributed by atoms with Crippen molar-refractivity contribution >= 4 is 11.3 Å². The van der Waals surface area contributed by atoms with E-state index < -0.39 is 0 Å². The maximum Gasteiger partial charge on any atom is 0.0248 e. The second-order valence-electron chi connectivity index (χ2n) is 5.60. The molecule has 0 bridgehead atoms. The third kappa shape index (κ3) is 3.14. The van der Waals surface area contributed by atoms with E-state index in [0.717, 1.165) is 19.0 Å². The highest BCUT2D eigenvalue weighted by atomic mass is 32.1. The summed E-state index contributed by atoms with van der Waals surface area (Å²) in [6.45, 7) is 9.86. The molecule has 2 N–H and O–H groups in total. The number of piperidine rings is 1. The average Bonchev–Trinajstić information content (AvgIpc) is 2.68. The molecule has 2 heterocycles. The van der Waals surface area contributed by atoms with Crippen LogP contribution in [0.4, 0.5) is 0 Å². The smallest absolute Gasteiger partial charge is 0.0248 e. The van der Waals surface area contributed by atoms with Crippen LogP contribution in [0.5, 0.6) is 0 Å². The Morgan fingerprint density at radius 1 is 1.44 bits per heavy atom. The molecule has 2 atom stereocenters. The third-order valence-corrected chi connectivity index (χ3v) is 5.32. The zero-order valence-electron chi connectivity index (χ0n) is 11.9. The molecule has 1 aliphatic rings. The first kappa shape index (κ1) is 14.0. The number of thiophene rings is 1. The Labute approximate surface area is 115 Å². The van der Waals surface area contributed by atoms with Gasteiger partial charge >= 0.3 is 0 Å². The Kier molecular flexibility index (Phi) is 4.82. The summed E-state index contributed by atoms with van der Waals surface area (Å²) < 4.78 is 0. The number of nitrogens with zero attached hydrogens (tertiary/aromatic N) is 1. The van der Waals surface area contributed by atoms with Gasteiger partial charge in [-0.15, -0.1) is 11.3 Å². The van der Waals surface area contributed by atoms with Crippen LogP contribution >= 0.6 is 11.3 Å². The summed E-state index contributed by atoms with van der Waals surface area (Å²) in [6, 6.07) is 2.93. The van der Waals surface area contributed by atoms with Crippen molar-refractivity contribution in [1.82, 2.24) is 4.90 Å². The van der Waals surface area contributed by atoms with Gasteiger partial charge in [0, 0.05) is 28.9 Å². The molecular weight excluding hydrogens is 240 g/mol. The van der Waals surface area contributed by atoms with Gasteiger partial charge < -0.3 is 5.73 Å². The van der Waals surface area contributed by atoms with Gasteiger partial charge in [-0.25, -0.2) is 0 Å². The summed E-state index contributed by atoms with van der Waals surface area (Å²) in [5.74, 6) is 0.889. The number of rotatable bonds is 4. The summed E-state index contributed by atoms with van der Waals surface area (Å²) in [5.41, 5.74) is 7.47. The van der Waals surface area contributed by atoms with E-state index in [9.17, 15) is 0 Å². The van der Waals surface area contributed by atoms with E-state index in [1.54, 1.807) is 0 Å². The van der Waals surface area contributed by atoms with Gasteiger partial charge in [-0.2, -0.15) is 0 Å². The highest BCUT2D eigenvalue weighted by Crippen LogP contribution is 2.28. The predicted octanol–water partition coefficient (Wildman–Crippen LogP) is 3.31. The molecule has 18 heavy (non-hydrogen) atoms. The number of nitrogens with two attached hydrogens (primary N) is 1. The van der Waals surface area contributed by atoms with Crippen LogP contribution in [-0.2, 0) is 6.54 Å². The first-order chi connectivity index (χ1) is 8.63. The standard InChI is InChI=1S/C15H26N2S/c1-4-13-5-6-17(15(8-13)9-16)10-14-7-11(2)18-12(14)3/h7,13,15H,4-6,8-10,16H2,1-3H3. The fraction of sp³-hybridized carbons (Fsp3) is 0.733. The van der Waals surface area contributed by atoms with Crippen LogP contribution in [0.25, 0.3) is 0 Å². The topological polar surface area (TPSA) is 29.3 Å². The summed E-state index contributed by atoms with van der Waals surface area (Å²) in [7, 11) is 0. The number of likely N-dealkylation sites (tertiary alicyclic amines) is 1. The fourth-order valence-electron chi connectivity index (χ4n) is 3.07. The van der Waals surface area contributed by atoms with Crippen LogP contribution in [0.1, 0.15) is 41.5 Å². The van der Waals surface area contributed by atoms with Crippen molar-refractivity contribution < 1.29 is 0 Å². The zero-order chi connectivity index (χ0) is 13.1. The molecule has 0 radical (unpaired) electrons. The van der Waals surface area contributed by atoms with Gasteiger partial charge in [0.15, 0.2) is 0 Å². The Morgan fingerprint density at radius 3 is 2.78 bits per heavy atom. The highest BCUT2D eigenvalue weighted by Gasteiger charge is 2.26. The minimum Gasteiger partial charge on any atom is -0.329 e. The number of hydrogen-bond acceptors (Lipinski definition) is 3. The lowest BCUT2D eigenvalue weighted by atomic mass is 9.88. The van der Waals surface area contributed by atoms with Gasteiger partial charge in [0.05, 0.1) is 0 Å². The Bertz CT molecular complexity index is 386. The van der Waals surface area contributed by atoms with Gasteiger partial charge in [0.25, 0.3) is 0 Å². The molecule has 2 unspecified atom stereocenters. The second-order valence-corrected chi connectivity index (χ2v) is 7.06. The van der Waals surface area contributed by atoms with Gasteiger partial charge in [-0.3, -0.25) is 4.90 Å². The molecule has 1 aromatic heterocycles. The van der Waals surface area contributed by atoms with Crippen LogP contribution in [0.15, 0.2) is 6.07 Å². The number of aryl methyl sites for hydroxylation is 2. The molecule has 1 saturated heterocycles. The second kappa shape index (κ2) is 6.18. The molecule has 1 fully saturated rings. The largest absolute Gasteiger partial charge is 0.329 e. The maximum absolute atomic E-state index is 5.97. The van der Waals surface area contributed by atoms with Gasteiger partial charge in [-0.1, -0.05) is 13.3 Å². The average molecular weight is 266 g/mol. The van der Waals surface area contributed by atoms with Crippen molar-refractivity contribution in [2.45, 2.75) is 52.6 Å². The zero-order valence-corrected chi connectivity index (χ0v) is 12.7. The van der Waals surface area contributed by atoms with E-state index in [-0.39, 0.29) is 0 Å². The molecule has 0 aliphatic carbocycles. The SMILES string of the molecule is CCC1CCN(Cc2cc(C)sc2C)C(CN)C1. The van der Waals surface area contributed by atoms with E-state index in [0.29, 0.717) is 6.04 Å². The van der Waals surface area contributed by atoms with Crippen LogP contribution in [-0.4, -0.2) is 24.0 Å². The molecule has 0 spiro atoms. The fourth-order valence-corrected chi connectivity index (χ4v) is 4.00. The van der Waals surface area contributed by atoms with Gasteiger partial charge in [0.2, 0.25) is 0 Å². The normalized spacial score (nSPS) is 25.6. The highest BCUT2D eigenvalue weighted by molar-refractivity contribution is 7.12. The quantitative estimate of drug-likeness (QED) is 0.906. The first-order valence-electron chi connectivity index (χ1n) is 7.14. The van der Waals surface area contributed by atoms with Crippen molar-refractivity contribution in [2.24, 2.45) is 11.7 Å². The van der Waals surface area contributed by atoms with Crippen molar-refractivity contribution in [3.05, 3.63) is 21.4 Å². The van der Waals surface area contributed by atoms with E-state index in [1.165, 1.54) is 41.1 Å². The molecule has 102 valence electrons. The van der Waals surface area contributed by atoms with E-state index in [1.807, 2.05) is 11.3 Å². The lowest BCUT2D eigenvalue weighted by molar-refractivity contribution is 0.107. The summed E-state index contributed by atoms with van der Waals surface area (Å²) in [5, 5.41) is 0. The van der Waals surface area contributed by atoms with Crippen LogP contribution in [0.3, 0.4) is 0 Å². The molecule has 0 aromatic carbocycles. The van der Waals surface area contributed by atoms with E-state index in [4.69, 9.17) is 5.73 Å². The summed E-state index contributed by atoms with van der Waals surface area (Å²) in [6.07, 6.45) is 3.94. The lowest BCUT2D eigenvalue weighted by Crippen LogP contribution is -2.46. The van der Waals surface area contributed by atoms with Gasteiger partial charge in [0.1, 0.15) is 0 Å². The Hall–Kier alpha value is -0.380. The minimum absolute atomic E-state index is 0.586. The molecule has 1 aromatic rings. The van der Waals surface area contributed by atoms with Crippen LogP contribution in [0, 0.1) is 19.8 Å². The Balaban J connectivity index is 2.02. The minimum atomic E-state index is 0.586. The number of hydrogen-bond donors (Lipinski definition) is 1. The maximum atomic E-state index is 5.97. The van der Waals surface area contributed by atoms with Crippen molar-refractivity contribution in [3.63, 3.8) is 0 Å². The molecular formula is C15H26N2S. The van der Waals surface area contributed by atoms with Gasteiger partial charge in [-0.05, 0) is 50.8 Å². The lowest BCUT2D eigenvalue weighted by Gasteiger charge is -2.38. The molecule has 2 nitrogen and oxygen atoms in total. The van der Waals surface area contributed by atoms with Crippen molar-refractivity contribution in [3.8, 4) is 0 Å². The molecule has 2 rings (SSSR count). The van der Waals surface area contributed by atoms with Crippen molar-refractivity contribution in [1.29, 1.82) is 0 Å². The van der Waals surface area contributed by atoms with Crippen molar-refractivity contribution in [2.75, 3.05) is 13.1 Å². The van der Waals surface area contributed by atoms with E-state index in [2.05, 4.69) is 31.7 Å². The summed E-state index contributed by atoms with van der Waals surface area (Å²) >= 11 is 1.91. The molecule has 0 amide bonds. The molecule has 3 heteroatoms. The monoisotopic (exact) mass is 266 g/mol. The molecule has 0 saturated carbocycles. The van der Waals surface area contributed by atoms with Crippen LogP contribution in [0.2, 0.25) is 0 Å². The Morgan fingerprint density at radius 2 is 2.22 bits per heavy atom. The molecule has 1 aliphatic heterocycles. The van der Waals surface area contributed by atoms with Crippen LogP contribution < -0.4 is 5.73 Å². The predicted molar refractivity (Wildman–Crippen MR) is 80.1 cm³/mol. The van der Waals surface area contributed by atoms with E-state index >= 15 is 0 Å².